The average molecular weight is 434 g/mol. The van der Waals surface area contributed by atoms with Gasteiger partial charge >= 0.3 is 5.97 Å². The predicted octanol–water partition coefficient (Wildman–Crippen LogP) is 3.67. The van der Waals surface area contributed by atoms with Crippen molar-refractivity contribution in [1.82, 2.24) is 9.88 Å². The van der Waals surface area contributed by atoms with Gasteiger partial charge in [0.05, 0.1) is 20.3 Å². The molecule has 1 N–H and O–H groups in total. The fourth-order valence-corrected chi connectivity index (χ4v) is 3.75. The number of anilines is 1. The molecular weight excluding hydrogens is 405 g/mol. The van der Waals surface area contributed by atoms with Gasteiger partial charge in [-0.05, 0) is 38.7 Å². The molecule has 0 amide bonds. The Labute approximate surface area is 181 Å². The lowest BCUT2D eigenvalue weighted by Crippen LogP contribution is -2.25. The molecule has 0 unspecified atom stereocenters. The molecule has 1 heterocycles. The summed E-state index contributed by atoms with van der Waals surface area (Å²) in [6.45, 7) is 4.86. The molecule has 0 atom stereocenters. The summed E-state index contributed by atoms with van der Waals surface area (Å²) in [6, 6.07) is 4.71. The van der Waals surface area contributed by atoms with Crippen molar-refractivity contribution < 1.29 is 18.7 Å². The normalized spacial score (nSPS) is 11.1. The van der Waals surface area contributed by atoms with E-state index in [4.69, 9.17) is 9.47 Å². The summed E-state index contributed by atoms with van der Waals surface area (Å²) in [6.07, 6.45) is 0.534. The zero-order valence-electron chi connectivity index (χ0n) is 18.3. The Morgan fingerprint density at radius 2 is 2.10 bits per heavy atom. The second-order valence-corrected chi connectivity index (χ2v) is 8.93. The number of hydrogen-bond acceptors (Lipinski definition) is 7. The van der Waals surface area contributed by atoms with Gasteiger partial charge in [0.2, 0.25) is 0 Å². The number of rotatable bonds is 8. The minimum absolute atomic E-state index is 0.176. The number of nitrogens with zero attached hydrogens (tertiary/aromatic N) is 2. The maximum Gasteiger partial charge on any atom is 0.357 e. The van der Waals surface area contributed by atoms with Crippen LogP contribution in [0.3, 0.4) is 0 Å². The quantitative estimate of drug-likeness (QED) is 0.506. The number of carbonyl (C=O) groups is 1. The molecule has 30 heavy (non-hydrogen) atoms. The molecule has 0 aliphatic heterocycles. The van der Waals surface area contributed by atoms with Crippen molar-refractivity contribution in [2.75, 3.05) is 46.7 Å². The van der Waals surface area contributed by atoms with E-state index in [0.29, 0.717) is 29.4 Å². The molecule has 0 aliphatic carbocycles. The summed E-state index contributed by atoms with van der Waals surface area (Å²) in [5.41, 5.74) is 0.538. The lowest BCUT2D eigenvalue weighted by molar-refractivity contribution is 0.0592. The number of thiazole rings is 1. The van der Waals surface area contributed by atoms with Crippen LogP contribution in [0.15, 0.2) is 18.2 Å². The fourth-order valence-electron chi connectivity index (χ4n) is 2.59. The van der Waals surface area contributed by atoms with Crippen LogP contribution in [0.4, 0.5) is 9.52 Å². The van der Waals surface area contributed by atoms with Crippen molar-refractivity contribution in [2.45, 2.75) is 20.3 Å². The van der Waals surface area contributed by atoms with Crippen LogP contribution >= 0.6 is 11.3 Å². The van der Waals surface area contributed by atoms with Crippen molar-refractivity contribution in [2.24, 2.45) is 5.41 Å². The first-order chi connectivity index (χ1) is 14.1. The highest BCUT2D eigenvalue weighted by atomic mass is 32.1. The summed E-state index contributed by atoms with van der Waals surface area (Å²) in [5, 5.41) is 3.59. The maximum atomic E-state index is 14.4. The minimum atomic E-state index is -0.475. The Kier molecular flexibility index (Phi) is 8.21. The van der Waals surface area contributed by atoms with Crippen LogP contribution < -0.4 is 10.1 Å². The summed E-state index contributed by atoms with van der Waals surface area (Å²) in [5.74, 6) is 5.16. The van der Waals surface area contributed by atoms with Crippen molar-refractivity contribution in [3.05, 3.63) is 40.2 Å². The van der Waals surface area contributed by atoms with Gasteiger partial charge in [0, 0.05) is 22.9 Å². The average Bonchev–Trinajstić information content (AvgIpc) is 3.08. The second kappa shape index (κ2) is 10.4. The first-order valence-electron chi connectivity index (χ1n) is 9.47. The lowest BCUT2D eigenvalue weighted by Gasteiger charge is -2.24. The fraction of sp³-hybridized carbons (Fsp3) is 0.455. The van der Waals surface area contributed by atoms with Crippen LogP contribution in [-0.4, -0.2) is 57.3 Å². The third kappa shape index (κ3) is 6.71. The molecular formula is C22H28FN3O3S. The Hall–Kier alpha value is -2.63. The lowest BCUT2D eigenvalue weighted by atomic mass is 9.89. The Balaban J connectivity index is 2.07. The molecule has 6 nitrogen and oxygen atoms in total. The van der Waals surface area contributed by atoms with Gasteiger partial charge in [-0.15, -0.1) is 11.3 Å². The molecule has 162 valence electrons. The van der Waals surface area contributed by atoms with Crippen LogP contribution in [0.2, 0.25) is 0 Å². The first-order valence-corrected chi connectivity index (χ1v) is 10.3. The van der Waals surface area contributed by atoms with Gasteiger partial charge in [0.1, 0.15) is 0 Å². The van der Waals surface area contributed by atoms with Crippen LogP contribution in [0.25, 0.3) is 0 Å². The summed E-state index contributed by atoms with van der Waals surface area (Å²) in [4.78, 5) is 19.0. The zero-order valence-corrected chi connectivity index (χ0v) is 19.1. The molecule has 1 aromatic heterocycles. The van der Waals surface area contributed by atoms with Gasteiger partial charge in [-0.3, -0.25) is 4.90 Å². The molecule has 0 saturated heterocycles. The number of esters is 1. The molecule has 1 aromatic carbocycles. The van der Waals surface area contributed by atoms with E-state index in [2.05, 4.69) is 22.1 Å². The second-order valence-electron chi connectivity index (χ2n) is 7.85. The zero-order chi connectivity index (χ0) is 22.3. The molecule has 0 fully saturated rings. The number of aromatic nitrogens is 1. The van der Waals surface area contributed by atoms with E-state index in [0.717, 1.165) is 4.88 Å². The Morgan fingerprint density at radius 3 is 2.70 bits per heavy atom. The Bertz CT molecular complexity index is 945. The number of halogens is 1. The first kappa shape index (κ1) is 23.6. The molecule has 0 saturated carbocycles. The smallest absolute Gasteiger partial charge is 0.357 e. The van der Waals surface area contributed by atoms with Gasteiger partial charge in [-0.2, -0.15) is 0 Å². The van der Waals surface area contributed by atoms with Gasteiger partial charge in [-0.25, -0.2) is 14.2 Å². The van der Waals surface area contributed by atoms with Gasteiger partial charge in [-0.1, -0.05) is 25.7 Å². The highest BCUT2D eigenvalue weighted by molar-refractivity contribution is 7.15. The highest BCUT2D eigenvalue weighted by Gasteiger charge is 2.27. The Morgan fingerprint density at radius 1 is 1.37 bits per heavy atom. The van der Waals surface area contributed by atoms with Crippen molar-refractivity contribution in [1.29, 1.82) is 0 Å². The van der Waals surface area contributed by atoms with Crippen LogP contribution in [0, 0.1) is 23.1 Å². The van der Waals surface area contributed by atoms with E-state index < -0.39 is 11.8 Å². The van der Waals surface area contributed by atoms with E-state index in [9.17, 15) is 9.18 Å². The molecule has 0 aliphatic rings. The number of hydrogen-bond donors (Lipinski definition) is 1. The van der Waals surface area contributed by atoms with E-state index in [1.54, 1.807) is 19.2 Å². The molecule has 2 rings (SSSR count). The van der Waals surface area contributed by atoms with Crippen molar-refractivity contribution in [3.63, 3.8) is 0 Å². The van der Waals surface area contributed by atoms with Crippen LogP contribution in [-0.2, 0) is 11.2 Å². The van der Waals surface area contributed by atoms with Gasteiger partial charge in [0.15, 0.2) is 22.4 Å². The van der Waals surface area contributed by atoms with Gasteiger partial charge < -0.3 is 14.8 Å². The van der Waals surface area contributed by atoms with Gasteiger partial charge in [0.25, 0.3) is 0 Å². The number of ether oxygens (including phenoxy) is 2. The van der Waals surface area contributed by atoms with E-state index in [1.165, 1.54) is 24.5 Å². The molecule has 0 spiro atoms. The third-order valence-electron chi connectivity index (χ3n) is 4.11. The van der Waals surface area contributed by atoms with E-state index in [1.807, 2.05) is 32.8 Å². The standard InChI is InChI=1S/C22H28FN3O3S/c1-22(2,13-18-19(20(27)28-6)25-21(24-3)30-18)14-29-17-10-9-15(12-16(17)23)8-7-11-26(4)5/h9-10,12H,11,13-14H2,1-6H3,(H,24,25). The highest BCUT2D eigenvalue weighted by Crippen LogP contribution is 2.32. The largest absolute Gasteiger partial charge is 0.490 e. The number of methoxy groups -OCH3 is 1. The summed E-state index contributed by atoms with van der Waals surface area (Å²) in [7, 11) is 6.92. The van der Waals surface area contributed by atoms with Crippen LogP contribution in [0.5, 0.6) is 5.75 Å². The van der Waals surface area contributed by atoms with Crippen molar-refractivity contribution in [3.8, 4) is 17.6 Å². The summed E-state index contributed by atoms with van der Waals surface area (Å²) >= 11 is 1.40. The number of nitrogens with one attached hydrogen (secondary N) is 1. The molecule has 8 heteroatoms. The maximum absolute atomic E-state index is 14.4. The van der Waals surface area contributed by atoms with Crippen LogP contribution in [0.1, 0.15) is 34.8 Å². The summed E-state index contributed by atoms with van der Waals surface area (Å²) < 4.78 is 25.0. The molecule has 2 aromatic rings. The monoisotopic (exact) mass is 433 g/mol. The number of benzene rings is 1. The minimum Gasteiger partial charge on any atom is -0.490 e. The molecule has 0 radical (unpaired) electrons. The van der Waals surface area contributed by atoms with E-state index in [-0.39, 0.29) is 17.8 Å². The SMILES string of the molecule is CNc1nc(C(=O)OC)c(CC(C)(C)COc2ccc(C#CCN(C)C)cc2F)s1. The van der Waals surface area contributed by atoms with E-state index >= 15 is 0 Å². The topological polar surface area (TPSA) is 63.7 Å². The van der Waals surface area contributed by atoms with Crippen molar-refractivity contribution >= 4 is 22.4 Å². The third-order valence-corrected chi connectivity index (χ3v) is 5.18. The predicted molar refractivity (Wildman–Crippen MR) is 118 cm³/mol. The number of carbonyl (C=O) groups excluding carboxylic acids is 1. The molecule has 0 bridgehead atoms.